The molecule has 0 aromatic heterocycles. The fourth-order valence-electron chi connectivity index (χ4n) is 4.86. The van der Waals surface area contributed by atoms with Gasteiger partial charge < -0.3 is 10.1 Å². The van der Waals surface area contributed by atoms with Gasteiger partial charge >= 0.3 is 0 Å². The molecule has 26 heavy (non-hydrogen) atoms. The van der Waals surface area contributed by atoms with Gasteiger partial charge in [-0.1, -0.05) is 39.5 Å². The zero-order chi connectivity index (χ0) is 18.8. The number of carbonyl (C=O) groups is 1. The third-order valence-electron chi connectivity index (χ3n) is 6.44. The summed E-state index contributed by atoms with van der Waals surface area (Å²) >= 11 is 0. The summed E-state index contributed by atoms with van der Waals surface area (Å²) < 4.78 is 6.57. The van der Waals surface area contributed by atoms with Crippen LogP contribution in [-0.4, -0.2) is 49.2 Å². The lowest BCUT2D eigenvalue weighted by Crippen LogP contribution is -2.44. The Bertz CT molecular complexity index is 405. The average Bonchev–Trinajstić information content (AvgIpc) is 3.00. The lowest BCUT2D eigenvalue weighted by Gasteiger charge is -2.39. The Kier molecular flexibility index (Phi) is 9.41. The molecule has 1 heterocycles. The van der Waals surface area contributed by atoms with Crippen molar-refractivity contribution in [1.29, 1.82) is 0 Å². The maximum absolute atomic E-state index is 11.8. The SMILES string of the molecule is CCCCCC(CCC)O[C@@H]1CCC2(CCN(CC(=O)NCC)CC2)C1. The number of unbranched alkanes of at least 4 members (excludes halogenated alkanes) is 2. The first-order chi connectivity index (χ1) is 12.6. The van der Waals surface area contributed by atoms with Gasteiger partial charge in [0.2, 0.25) is 5.91 Å². The number of nitrogens with one attached hydrogen (secondary N) is 1. The van der Waals surface area contributed by atoms with Crippen molar-refractivity contribution >= 4 is 5.91 Å². The predicted molar refractivity (Wildman–Crippen MR) is 108 cm³/mol. The van der Waals surface area contributed by atoms with Crippen molar-refractivity contribution in [2.75, 3.05) is 26.2 Å². The largest absolute Gasteiger partial charge is 0.375 e. The number of rotatable bonds is 11. The summed E-state index contributed by atoms with van der Waals surface area (Å²) in [5.74, 6) is 0.172. The molecule has 1 spiro atoms. The second kappa shape index (κ2) is 11.3. The molecule has 4 heteroatoms. The summed E-state index contributed by atoms with van der Waals surface area (Å²) in [5, 5.41) is 2.91. The molecule has 2 fully saturated rings. The molecule has 4 nitrogen and oxygen atoms in total. The Labute approximate surface area is 161 Å². The molecular formula is C22H42N2O2. The molecule has 1 aliphatic carbocycles. The molecule has 1 N–H and O–H groups in total. The number of hydrogen-bond donors (Lipinski definition) is 1. The molecular weight excluding hydrogens is 324 g/mol. The van der Waals surface area contributed by atoms with Crippen LogP contribution in [0.4, 0.5) is 0 Å². The predicted octanol–water partition coefficient (Wildman–Crippen LogP) is 4.52. The lowest BCUT2D eigenvalue weighted by molar-refractivity contribution is -0.122. The lowest BCUT2D eigenvalue weighted by atomic mass is 9.77. The van der Waals surface area contributed by atoms with Crippen LogP contribution in [-0.2, 0) is 9.53 Å². The van der Waals surface area contributed by atoms with E-state index in [-0.39, 0.29) is 5.91 Å². The molecule has 1 aliphatic heterocycles. The molecule has 1 saturated carbocycles. The van der Waals surface area contributed by atoms with Gasteiger partial charge in [-0.2, -0.15) is 0 Å². The van der Waals surface area contributed by atoms with E-state index in [2.05, 4.69) is 24.1 Å². The number of hydrogen-bond acceptors (Lipinski definition) is 3. The zero-order valence-corrected chi connectivity index (χ0v) is 17.5. The van der Waals surface area contributed by atoms with Gasteiger partial charge in [-0.25, -0.2) is 0 Å². The number of amides is 1. The molecule has 0 radical (unpaired) electrons. The van der Waals surface area contributed by atoms with Gasteiger partial charge in [0.05, 0.1) is 18.8 Å². The molecule has 1 unspecified atom stereocenters. The van der Waals surface area contributed by atoms with Crippen LogP contribution >= 0.6 is 0 Å². The quantitative estimate of drug-likeness (QED) is 0.547. The first kappa shape index (κ1) is 21.7. The number of likely N-dealkylation sites (tertiary alicyclic amines) is 1. The monoisotopic (exact) mass is 366 g/mol. The van der Waals surface area contributed by atoms with E-state index in [0.717, 1.165) is 19.6 Å². The molecule has 2 atom stereocenters. The molecule has 0 aromatic rings. The number of nitrogens with zero attached hydrogens (tertiary/aromatic N) is 1. The summed E-state index contributed by atoms with van der Waals surface area (Å²) in [6.07, 6.45) is 14.9. The van der Waals surface area contributed by atoms with E-state index in [4.69, 9.17) is 4.74 Å². The molecule has 1 amide bonds. The molecule has 2 aliphatic rings. The van der Waals surface area contributed by atoms with Gasteiger partial charge in [-0.3, -0.25) is 9.69 Å². The Morgan fingerprint density at radius 2 is 1.88 bits per heavy atom. The average molecular weight is 367 g/mol. The van der Waals surface area contributed by atoms with Crippen molar-refractivity contribution in [3.05, 3.63) is 0 Å². The highest BCUT2D eigenvalue weighted by molar-refractivity contribution is 5.77. The maximum Gasteiger partial charge on any atom is 0.234 e. The van der Waals surface area contributed by atoms with Gasteiger partial charge in [0.1, 0.15) is 0 Å². The first-order valence-electron chi connectivity index (χ1n) is 11.2. The Balaban J connectivity index is 1.74. The van der Waals surface area contributed by atoms with Crippen LogP contribution in [0.5, 0.6) is 0 Å². The second-order valence-electron chi connectivity index (χ2n) is 8.64. The van der Waals surface area contributed by atoms with Gasteiger partial charge in [0.15, 0.2) is 0 Å². The summed E-state index contributed by atoms with van der Waals surface area (Å²) in [5.41, 5.74) is 0.489. The van der Waals surface area contributed by atoms with Crippen LogP contribution in [0.3, 0.4) is 0 Å². The highest BCUT2D eigenvalue weighted by Gasteiger charge is 2.42. The Morgan fingerprint density at radius 1 is 1.12 bits per heavy atom. The van der Waals surface area contributed by atoms with E-state index in [9.17, 15) is 4.79 Å². The van der Waals surface area contributed by atoms with Crippen LogP contribution in [0.15, 0.2) is 0 Å². The smallest absolute Gasteiger partial charge is 0.234 e. The molecule has 0 aromatic carbocycles. The number of carbonyl (C=O) groups excluding carboxylic acids is 1. The van der Waals surface area contributed by atoms with Crippen molar-refractivity contribution in [2.24, 2.45) is 5.41 Å². The second-order valence-corrected chi connectivity index (χ2v) is 8.64. The third-order valence-corrected chi connectivity index (χ3v) is 6.44. The van der Waals surface area contributed by atoms with Crippen molar-refractivity contribution < 1.29 is 9.53 Å². The van der Waals surface area contributed by atoms with Gasteiger partial charge in [0, 0.05) is 6.54 Å². The maximum atomic E-state index is 11.8. The summed E-state index contributed by atoms with van der Waals surface area (Å²) in [4.78, 5) is 14.1. The fraction of sp³-hybridized carbons (Fsp3) is 0.955. The van der Waals surface area contributed by atoms with E-state index in [0.29, 0.717) is 24.2 Å². The standard InChI is InChI=1S/C22H42N2O2/c1-4-7-8-10-19(9-5-2)26-20-11-12-22(17-20)13-15-24(16-14-22)18-21(25)23-6-3/h19-20H,4-18H2,1-3H3,(H,23,25)/t19?,20-/m1/s1. The van der Waals surface area contributed by atoms with E-state index < -0.39 is 0 Å². The summed E-state index contributed by atoms with van der Waals surface area (Å²) in [7, 11) is 0. The van der Waals surface area contributed by atoms with Crippen molar-refractivity contribution in [3.63, 3.8) is 0 Å². The van der Waals surface area contributed by atoms with Crippen LogP contribution in [0.25, 0.3) is 0 Å². The van der Waals surface area contributed by atoms with Crippen molar-refractivity contribution in [3.8, 4) is 0 Å². The molecule has 152 valence electrons. The Morgan fingerprint density at radius 3 is 2.54 bits per heavy atom. The molecule has 1 saturated heterocycles. The van der Waals surface area contributed by atoms with Gasteiger partial charge in [-0.15, -0.1) is 0 Å². The zero-order valence-electron chi connectivity index (χ0n) is 17.5. The van der Waals surface area contributed by atoms with E-state index in [1.165, 1.54) is 70.6 Å². The van der Waals surface area contributed by atoms with Crippen molar-refractivity contribution in [1.82, 2.24) is 10.2 Å². The summed E-state index contributed by atoms with van der Waals surface area (Å²) in [6.45, 7) is 9.96. The fourth-order valence-corrected chi connectivity index (χ4v) is 4.86. The minimum Gasteiger partial charge on any atom is -0.375 e. The van der Waals surface area contributed by atoms with Crippen molar-refractivity contribution in [2.45, 2.75) is 104 Å². The third kappa shape index (κ3) is 6.84. The van der Waals surface area contributed by atoms with Gasteiger partial charge in [-0.05, 0) is 70.4 Å². The highest BCUT2D eigenvalue weighted by atomic mass is 16.5. The number of piperidine rings is 1. The number of ether oxygens (including phenoxy) is 1. The van der Waals surface area contributed by atoms with E-state index in [1.54, 1.807) is 0 Å². The minimum absolute atomic E-state index is 0.172. The molecule has 2 rings (SSSR count). The van der Waals surface area contributed by atoms with Crippen LogP contribution in [0, 0.1) is 5.41 Å². The van der Waals surface area contributed by atoms with Gasteiger partial charge in [0.25, 0.3) is 0 Å². The van der Waals surface area contributed by atoms with Crippen LogP contribution < -0.4 is 5.32 Å². The van der Waals surface area contributed by atoms with E-state index >= 15 is 0 Å². The highest BCUT2D eigenvalue weighted by Crippen LogP contribution is 2.47. The number of likely N-dealkylation sites (N-methyl/N-ethyl adjacent to an activating group) is 1. The molecule has 0 bridgehead atoms. The minimum atomic E-state index is 0.172. The normalized spacial score (nSPS) is 24.0. The van der Waals surface area contributed by atoms with E-state index in [1.807, 2.05) is 6.92 Å². The topological polar surface area (TPSA) is 41.6 Å². The Hall–Kier alpha value is -0.610. The summed E-state index contributed by atoms with van der Waals surface area (Å²) in [6, 6.07) is 0. The van der Waals surface area contributed by atoms with Crippen LogP contribution in [0.2, 0.25) is 0 Å². The first-order valence-corrected chi connectivity index (χ1v) is 11.2. The van der Waals surface area contributed by atoms with Crippen LogP contribution in [0.1, 0.15) is 91.4 Å².